The molecule has 3 rings (SSSR count). The Bertz CT molecular complexity index is 594. The Morgan fingerprint density at radius 1 is 0.656 bits per heavy atom. The molecule has 14 atom stereocenters. The zero-order valence-corrected chi connectivity index (χ0v) is 17.3. The molecule has 3 aliphatic heterocycles. The number of aliphatic hydroxyl groups excluding tert-OH is 9. The summed E-state index contributed by atoms with van der Waals surface area (Å²) in [4.78, 5) is 0. The van der Waals surface area contributed by atoms with Gasteiger partial charge in [-0.05, 0) is 6.92 Å². The van der Waals surface area contributed by atoms with Crippen LogP contribution in [0.1, 0.15) is 13.3 Å². The zero-order valence-electron chi connectivity index (χ0n) is 17.3. The van der Waals surface area contributed by atoms with Crippen molar-refractivity contribution in [3.63, 3.8) is 0 Å². The van der Waals surface area contributed by atoms with Gasteiger partial charge in [0.05, 0.1) is 25.4 Å². The highest BCUT2D eigenvalue weighted by Gasteiger charge is 2.52. The lowest BCUT2D eigenvalue weighted by atomic mass is 9.96. The van der Waals surface area contributed by atoms with Crippen molar-refractivity contribution in [2.45, 2.75) is 99.4 Å². The van der Waals surface area contributed by atoms with Gasteiger partial charge in [-0.25, -0.2) is 0 Å². The molecule has 9 N–H and O–H groups in total. The topological polar surface area (TPSA) is 228 Å². The van der Waals surface area contributed by atoms with Crippen LogP contribution in [0.4, 0.5) is 0 Å². The van der Waals surface area contributed by atoms with Crippen molar-refractivity contribution in [2.75, 3.05) is 13.2 Å². The monoisotopic (exact) mass is 472 g/mol. The molecule has 0 aliphatic carbocycles. The van der Waals surface area contributed by atoms with Crippen LogP contribution < -0.4 is 0 Å². The Balaban J connectivity index is 1.79. The largest absolute Gasteiger partial charge is 0.394 e. The van der Waals surface area contributed by atoms with Gasteiger partial charge in [0.1, 0.15) is 54.9 Å². The summed E-state index contributed by atoms with van der Waals surface area (Å²) in [7, 11) is 0. The summed E-state index contributed by atoms with van der Waals surface area (Å²) in [6, 6.07) is 0. The first kappa shape index (κ1) is 26.1. The summed E-state index contributed by atoms with van der Waals surface area (Å²) >= 11 is 0. The fourth-order valence-electron chi connectivity index (χ4n) is 3.91. The molecule has 0 saturated carbocycles. The Morgan fingerprint density at radius 3 is 1.88 bits per heavy atom. The SMILES string of the molecule is C[C@H]1O[C@H](O[C@H]2[C@H](O)[C@@H](CO)O[C@H](O)[C@H]2O[C@H]2O[C@H](CO)[C@@H](O)[C@H](O)[C@H]2O)[C@H](O)C[C@H]1O. The Hall–Kier alpha value is -0.560. The molecule has 0 unspecified atom stereocenters. The van der Waals surface area contributed by atoms with Gasteiger partial charge in [-0.1, -0.05) is 0 Å². The van der Waals surface area contributed by atoms with Crippen LogP contribution >= 0.6 is 0 Å². The van der Waals surface area contributed by atoms with Crippen LogP contribution in [0.15, 0.2) is 0 Å². The zero-order chi connectivity index (χ0) is 23.7. The van der Waals surface area contributed by atoms with E-state index >= 15 is 0 Å². The van der Waals surface area contributed by atoms with Crippen LogP contribution in [-0.4, -0.2) is 145 Å². The lowest BCUT2D eigenvalue weighted by Crippen LogP contribution is -2.65. The maximum absolute atomic E-state index is 10.6. The number of hydrogen-bond acceptors (Lipinski definition) is 14. The average molecular weight is 472 g/mol. The van der Waals surface area contributed by atoms with Gasteiger partial charge in [0.2, 0.25) is 0 Å². The number of rotatable bonds is 6. The molecule has 0 aromatic carbocycles. The van der Waals surface area contributed by atoms with Crippen LogP contribution in [0.3, 0.4) is 0 Å². The second kappa shape index (κ2) is 10.8. The minimum atomic E-state index is -1.82. The van der Waals surface area contributed by atoms with Gasteiger partial charge in [0.25, 0.3) is 0 Å². The van der Waals surface area contributed by atoms with Crippen molar-refractivity contribution in [1.82, 2.24) is 0 Å². The van der Waals surface area contributed by atoms with E-state index in [0.29, 0.717) is 0 Å². The predicted octanol–water partition coefficient (Wildman–Crippen LogP) is -5.52. The molecular formula is C18H32O14. The van der Waals surface area contributed by atoms with Crippen molar-refractivity contribution in [3.8, 4) is 0 Å². The summed E-state index contributed by atoms with van der Waals surface area (Å²) in [6.45, 7) is 0.126. The van der Waals surface area contributed by atoms with E-state index in [1.54, 1.807) is 6.92 Å². The molecule has 3 saturated heterocycles. The van der Waals surface area contributed by atoms with Crippen LogP contribution in [0, 0.1) is 0 Å². The van der Waals surface area contributed by atoms with E-state index in [2.05, 4.69) is 0 Å². The summed E-state index contributed by atoms with van der Waals surface area (Å²) in [5.74, 6) is 0. The molecule has 14 nitrogen and oxygen atoms in total. The molecule has 0 amide bonds. The Morgan fingerprint density at radius 2 is 1.25 bits per heavy atom. The molecule has 0 spiro atoms. The fourth-order valence-corrected chi connectivity index (χ4v) is 3.91. The highest BCUT2D eigenvalue weighted by Crippen LogP contribution is 2.32. The third-order valence-corrected chi connectivity index (χ3v) is 5.94. The standard InChI is InChI=1S/C18H32O14/c1-5-6(21)2-7(22)17(28-5)31-14-11(24)9(4-20)29-16(27)15(14)32-18-13(26)12(25)10(23)8(3-19)30-18/h5-27H,2-4H2,1H3/t5-,6-,7-,8-,9-,10-,11-,12+,13-,14+,15+,16+,17-,18-/m1/s1. The third-order valence-electron chi connectivity index (χ3n) is 5.94. The second-order valence-corrected chi connectivity index (χ2v) is 8.22. The van der Waals surface area contributed by atoms with E-state index in [9.17, 15) is 46.0 Å². The van der Waals surface area contributed by atoms with Gasteiger partial charge in [0.15, 0.2) is 18.9 Å². The summed E-state index contributed by atoms with van der Waals surface area (Å²) in [6.07, 6.45) is -20.4. The third kappa shape index (κ3) is 5.24. The van der Waals surface area contributed by atoms with Gasteiger partial charge >= 0.3 is 0 Å². The van der Waals surface area contributed by atoms with E-state index in [1.807, 2.05) is 0 Å². The Labute approximate surface area is 183 Å². The number of hydrogen-bond donors (Lipinski definition) is 9. The van der Waals surface area contributed by atoms with Crippen molar-refractivity contribution >= 4 is 0 Å². The fraction of sp³-hybridized carbons (Fsp3) is 1.00. The highest BCUT2D eigenvalue weighted by atomic mass is 16.8. The van der Waals surface area contributed by atoms with Gasteiger partial charge < -0.3 is 69.6 Å². The molecule has 14 heteroatoms. The maximum Gasteiger partial charge on any atom is 0.187 e. The number of aliphatic hydroxyl groups is 9. The van der Waals surface area contributed by atoms with Crippen molar-refractivity contribution < 1.29 is 69.6 Å². The van der Waals surface area contributed by atoms with Gasteiger partial charge in [-0.2, -0.15) is 0 Å². The van der Waals surface area contributed by atoms with Crippen LogP contribution in [0.25, 0.3) is 0 Å². The summed E-state index contributed by atoms with van der Waals surface area (Å²) in [5, 5.41) is 89.9. The van der Waals surface area contributed by atoms with Crippen molar-refractivity contribution in [1.29, 1.82) is 0 Å². The molecule has 0 aromatic heterocycles. The van der Waals surface area contributed by atoms with Crippen molar-refractivity contribution in [2.24, 2.45) is 0 Å². The smallest absolute Gasteiger partial charge is 0.187 e. The van der Waals surface area contributed by atoms with Crippen LogP contribution in [0.2, 0.25) is 0 Å². The average Bonchev–Trinajstić information content (AvgIpc) is 2.76. The summed E-state index contributed by atoms with van der Waals surface area (Å²) in [5.41, 5.74) is 0. The van der Waals surface area contributed by atoms with Crippen LogP contribution in [0.5, 0.6) is 0 Å². The molecule has 32 heavy (non-hydrogen) atoms. The van der Waals surface area contributed by atoms with E-state index in [-0.39, 0.29) is 6.42 Å². The molecule has 3 fully saturated rings. The van der Waals surface area contributed by atoms with Crippen LogP contribution in [-0.2, 0) is 23.7 Å². The molecule has 0 radical (unpaired) electrons. The van der Waals surface area contributed by atoms with E-state index in [0.717, 1.165) is 0 Å². The first-order chi connectivity index (χ1) is 15.1. The van der Waals surface area contributed by atoms with Gasteiger partial charge in [-0.3, -0.25) is 0 Å². The molecule has 188 valence electrons. The van der Waals surface area contributed by atoms with E-state index in [4.69, 9.17) is 23.7 Å². The second-order valence-electron chi connectivity index (χ2n) is 8.22. The molecule has 3 aliphatic rings. The quantitative estimate of drug-likeness (QED) is 0.176. The normalized spacial score (nSPS) is 52.7. The first-order valence-electron chi connectivity index (χ1n) is 10.3. The minimum absolute atomic E-state index is 0.0879. The molecule has 3 heterocycles. The maximum atomic E-state index is 10.6. The molecule has 0 bridgehead atoms. The minimum Gasteiger partial charge on any atom is -0.394 e. The lowest BCUT2D eigenvalue weighted by molar-refractivity contribution is -0.382. The highest BCUT2D eigenvalue weighted by molar-refractivity contribution is 4.95. The summed E-state index contributed by atoms with van der Waals surface area (Å²) < 4.78 is 27.0. The first-order valence-corrected chi connectivity index (χ1v) is 10.3. The Kier molecular flexibility index (Phi) is 8.79. The van der Waals surface area contributed by atoms with E-state index in [1.165, 1.54) is 0 Å². The number of ether oxygens (including phenoxy) is 5. The van der Waals surface area contributed by atoms with E-state index < -0.39 is 99.2 Å². The lowest BCUT2D eigenvalue weighted by Gasteiger charge is -2.47. The molecular weight excluding hydrogens is 440 g/mol. The van der Waals surface area contributed by atoms with Crippen molar-refractivity contribution in [3.05, 3.63) is 0 Å². The van der Waals surface area contributed by atoms with Gasteiger partial charge in [0, 0.05) is 6.42 Å². The molecule has 0 aromatic rings. The van der Waals surface area contributed by atoms with Gasteiger partial charge in [-0.15, -0.1) is 0 Å². The predicted molar refractivity (Wildman–Crippen MR) is 98.5 cm³/mol.